The summed E-state index contributed by atoms with van der Waals surface area (Å²) in [6, 6.07) is 0.483. The van der Waals surface area contributed by atoms with Crippen LogP contribution >= 0.6 is 0 Å². The van der Waals surface area contributed by atoms with Crippen molar-refractivity contribution in [3.8, 4) is 0 Å². The van der Waals surface area contributed by atoms with Crippen LogP contribution in [0.5, 0.6) is 0 Å². The first-order chi connectivity index (χ1) is 7.79. The minimum absolute atomic E-state index is 0.483. The highest BCUT2D eigenvalue weighted by atomic mass is 16.4. The third-order valence-corrected chi connectivity index (χ3v) is 4.97. The maximum Gasteiger partial charge on any atom is 0.0775 e. The normalized spacial score (nSPS) is 43.3. The predicted molar refractivity (Wildman–Crippen MR) is 63.8 cm³/mol. The molecule has 16 heavy (non-hydrogen) atoms. The number of hydrogen-bond acceptors (Lipinski definition) is 3. The molecule has 0 unspecified atom stereocenters. The molecule has 3 fully saturated rings. The van der Waals surface area contributed by atoms with Crippen LogP contribution in [0.4, 0.5) is 0 Å². The second kappa shape index (κ2) is 4.02. The molecule has 3 heteroatoms. The predicted octanol–water partition coefficient (Wildman–Crippen LogP) is 2.35. The van der Waals surface area contributed by atoms with Gasteiger partial charge in [-0.2, -0.15) is 0 Å². The lowest BCUT2D eigenvalue weighted by Crippen LogP contribution is -2.48. The van der Waals surface area contributed by atoms with Gasteiger partial charge >= 0.3 is 0 Å². The van der Waals surface area contributed by atoms with E-state index in [0.29, 0.717) is 12.0 Å². The van der Waals surface area contributed by atoms with E-state index in [-0.39, 0.29) is 0 Å². The van der Waals surface area contributed by atoms with Gasteiger partial charge in [-0.3, -0.25) is 4.90 Å². The minimum Gasteiger partial charge on any atom is -0.411 e. The molecule has 1 heterocycles. The van der Waals surface area contributed by atoms with Gasteiger partial charge in [0.15, 0.2) is 0 Å². The van der Waals surface area contributed by atoms with Crippen molar-refractivity contribution < 1.29 is 5.21 Å². The summed E-state index contributed by atoms with van der Waals surface area (Å²) in [6.07, 6.45) is 6.50. The average molecular weight is 222 g/mol. The quantitative estimate of drug-likeness (QED) is 0.546. The molecule has 0 spiro atoms. The number of fused-ring (bicyclic) bond motifs is 2. The van der Waals surface area contributed by atoms with E-state index in [1.54, 1.807) is 0 Å². The number of rotatable bonds is 1. The fourth-order valence-corrected chi connectivity index (χ4v) is 3.99. The first-order valence-corrected chi connectivity index (χ1v) is 6.75. The Kier molecular flexibility index (Phi) is 2.66. The fraction of sp³-hybridized carbons (Fsp3) is 0.923. The van der Waals surface area contributed by atoms with Crippen LogP contribution in [-0.4, -0.2) is 35.0 Å². The Morgan fingerprint density at radius 1 is 1.19 bits per heavy atom. The van der Waals surface area contributed by atoms with Gasteiger partial charge in [-0.15, -0.1) is 0 Å². The molecule has 3 aliphatic rings. The Bertz CT molecular complexity index is 294. The summed E-state index contributed by atoms with van der Waals surface area (Å²) in [5.74, 6) is 2.26. The number of piperidine rings is 1. The topological polar surface area (TPSA) is 35.8 Å². The largest absolute Gasteiger partial charge is 0.411 e. The highest BCUT2D eigenvalue weighted by Crippen LogP contribution is 2.45. The molecule has 0 amide bonds. The molecular weight excluding hydrogens is 200 g/mol. The molecule has 1 N–H and O–H groups in total. The number of hydrogen-bond donors (Lipinski definition) is 1. The zero-order chi connectivity index (χ0) is 11.1. The van der Waals surface area contributed by atoms with E-state index < -0.39 is 0 Å². The molecule has 3 atom stereocenters. The van der Waals surface area contributed by atoms with E-state index in [4.69, 9.17) is 0 Å². The van der Waals surface area contributed by atoms with Gasteiger partial charge in [0.2, 0.25) is 0 Å². The standard InChI is InChI=1S/C13H22N2O/c1-9-4-6-15(7-5-9)13-11-3-2-10(8-11)12(13)14-16/h9-11,13,16H,2-8H2,1H3/b14-12-/t10-,11+,13-/m0/s1. The van der Waals surface area contributed by atoms with Crippen LogP contribution in [0.25, 0.3) is 0 Å². The Morgan fingerprint density at radius 2 is 1.94 bits per heavy atom. The van der Waals surface area contributed by atoms with Crippen molar-refractivity contribution in [2.75, 3.05) is 13.1 Å². The molecule has 0 aromatic heterocycles. The zero-order valence-electron chi connectivity index (χ0n) is 10.1. The van der Waals surface area contributed by atoms with Gasteiger partial charge in [0.1, 0.15) is 0 Å². The lowest BCUT2D eigenvalue weighted by Gasteiger charge is -2.38. The summed E-state index contributed by atoms with van der Waals surface area (Å²) in [7, 11) is 0. The second-order valence-corrected chi connectivity index (χ2v) is 5.96. The van der Waals surface area contributed by atoms with Crippen molar-refractivity contribution in [3.63, 3.8) is 0 Å². The van der Waals surface area contributed by atoms with Gasteiger partial charge in [0.05, 0.1) is 11.8 Å². The number of oxime groups is 1. The highest BCUT2D eigenvalue weighted by Gasteiger charge is 2.48. The summed E-state index contributed by atoms with van der Waals surface area (Å²) in [6.45, 7) is 4.75. The molecule has 2 bridgehead atoms. The molecule has 1 aliphatic heterocycles. The van der Waals surface area contributed by atoms with Crippen LogP contribution in [0.2, 0.25) is 0 Å². The Hall–Kier alpha value is -0.570. The smallest absolute Gasteiger partial charge is 0.0775 e. The van der Waals surface area contributed by atoms with Crippen LogP contribution in [0, 0.1) is 17.8 Å². The molecule has 90 valence electrons. The van der Waals surface area contributed by atoms with E-state index in [2.05, 4.69) is 17.0 Å². The van der Waals surface area contributed by atoms with Crippen molar-refractivity contribution in [1.29, 1.82) is 0 Å². The van der Waals surface area contributed by atoms with Crippen molar-refractivity contribution in [2.24, 2.45) is 22.9 Å². The summed E-state index contributed by atoms with van der Waals surface area (Å²) in [5, 5.41) is 12.8. The maximum atomic E-state index is 9.20. The Balaban J connectivity index is 1.74. The average Bonchev–Trinajstić information content (AvgIpc) is 2.89. The number of nitrogens with zero attached hydrogens (tertiary/aromatic N) is 2. The Labute approximate surface area is 97.5 Å². The third-order valence-electron chi connectivity index (χ3n) is 4.97. The van der Waals surface area contributed by atoms with E-state index in [0.717, 1.165) is 17.5 Å². The summed E-state index contributed by atoms with van der Waals surface area (Å²) in [4.78, 5) is 2.58. The van der Waals surface area contributed by atoms with Gasteiger partial charge in [0.25, 0.3) is 0 Å². The monoisotopic (exact) mass is 222 g/mol. The molecular formula is C13H22N2O. The molecule has 0 aromatic rings. The van der Waals surface area contributed by atoms with Gasteiger partial charge in [-0.05, 0) is 57.0 Å². The fourth-order valence-electron chi connectivity index (χ4n) is 3.99. The van der Waals surface area contributed by atoms with Crippen LogP contribution in [0.1, 0.15) is 39.0 Å². The third kappa shape index (κ3) is 1.56. The Morgan fingerprint density at radius 3 is 2.62 bits per heavy atom. The van der Waals surface area contributed by atoms with E-state index in [1.165, 1.54) is 45.2 Å². The van der Waals surface area contributed by atoms with Gasteiger partial charge < -0.3 is 5.21 Å². The first kappa shape index (κ1) is 10.6. The second-order valence-electron chi connectivity index (χ2n) is 5.96. The molecule has 3 nitrogen and oxygen atoms in total. The van der Waals surface area contributed by atoms with Crippen LogP contribution in [-0.2, 0) is 0 Å². The highest BCUT2D eigenvalue weighted by molar-refractivity contribution is 5.94. The molecule has 2 saturated carbocycles. The lowest BCUT2D eigenvalue weighted by molar-refractivity contribution is 0.138. The van der Waals surface area contributed by atoms with Crippen molar-refractivity contribution in [3.05, 3.63) is 0 Å². The SMILES string of the molecule is CC1CCN([C@@H]2/C(=N\O)[C@H]3CC[C@@H]2C3)CC1. The van der Waals surface area contributed by atoms with E-state index in [1.807, 2.05) is 0 Å². The van der Waals surface area contributed by atoms with Gasteiger partial charge in [-0.1, -0.05) is 12.1 Å². The minimum atomic E-state index is 0.483. The lowest BCUT2D eigenvalue weighted by atomic mass is 9.89. The van der Waals surface area contributed by atoms with Crippen LogP contribution in [0.15, 0.2) is 5.16 Å². The van der Waals surface area contributed by atoms with Crippen LogP contribution < -0.4 is 0 Å². The van der Waals surface area contributed by atoms with Crippen molar-refractivity contribution >= 4 is 5.71 Å². The zero-order valence-corrected chi connectivity index (χ0v) is 10.1. The molecule has 0 radical (unpaired) electrons. The van der Waals surface area contributed by atoms with Gasteiger partial charge in [0, 0.05) is 5.92 Å². The van der Waals surface area contributed by atoms with Crippen LogP contribution in [0.3, 0.4) is 0 Å². The summed E-state index contributed by atoms with van der Waals surface area (Å²) >= 11 is 0. The van der Waals surface area contributed by atoms with Crippen molar-refractivity contribution in [1.82, 2.24) is 4.90 Å². The molecule has 2 aliphatic carbocycles. The first-order valence-electron chi connectivity index (χ1n) is 6.75. The molecule has 0 aromatic carbocycles. The molecule has 3 rings (SSSR count). The van der Waals surface area contributed by atoms with Gasteiger partial charge in [-0.25, -0.2) is 0 Å². The van der Waals surface area contributed by atoms with E-state index >= 15 is 0 Å². The molecule has 1 saturated heterocycles. The summed E-state index contributed by atoms with van der Waals surface area (Å²) < 4.78 is 0. The van der Waals surface area contributed by atoms with Crippen molar-refractivity contribution in [2.45, 2.75) is 45.1 Å². The maximum absolute atomic E-state index is 9.20. The van der Waals surface area contributed by atoms with E-state index in [9.17, 15) is 5.21 Å². The number of likely N-dealkylation sites (tertiary alicyclic amines) is 1. The summed E-state index contributed by atoms with van der Waals surface area (Å²) in [5.41, 5.74) is 1.10.